The maximum atomic E-state index is 12.8. The molecule has 0 bridgehead atoms. The number of hydrogen-bond donors (Lipinski definition) is 2. The van der Waals surface area contributed by atoms with Gasteiger partial charge in [0.2, 0.25) is 0 Å². The molecule has 0 atom stereocenters. The normalized spacial score (nSPS) is 11.2. The molecule has 9 nitrogen and oxygen atoms in total. The lowest BCUT2D eigenvalue weighted by atomic mass is 10.1. The van der Waals surface area contributed by atoms with Gasteiger partial charge in [-0.2, -0.15) is 0 Å². The average molecular weight is 463 g/mol. The van der Waals surface area contributed by atoms with Gasteiger partial charge >= 0.3 is 0 Å². The summed E-state index contributed by atoms with van der Waals surface area (Å²) in [5.74, 6) is -0.235. The molecular weight excluding hydrogens is 438 g/mol. The van der Waals surface area contributed by atoms with Crippen LogP contribution in [0.2, 0.25) is 0 Å². The lowest BCUT2D eigenvalue weighted by molar-refractivity contribution is -0.384. The van der Waals surface area contributed by atoms with Gasteiger partial charge in [0, 0.05) is 49.6 Å². The fourth-order valence-corrected chi connectivity index (χ4v) is 3.07. The van der Waals surface area contributed by atoms with Crippen molar-refractivity contribution in [1.82, 2.24) is 10.6 Å². The van der Waals surface area contributed by atoms with Crippen molar-refractivity contribution in [2.75, 3.05) is 20.3 Å². The van der Waals surface area contributed by atoms with E-state index in [1.54, 1.807) is 55.6 Å². The summed E-state index contributed by atoms with van der Waals surface area (Å²) in [6, 6.07) is 16.2. The van der Waals surface area contributed by atoms with Gasteiger partial charge in [0.05, 0.1) is 4.92 Å². The van der Waals surface area contributed by atoms with E-state index >= 15 is 0 Å². The summed E-state index contributed by atoms with van der Waals surface area (Å²) < 4.78 is 10.8. The number of aryl methyl sites for hydroxylation is 1. The molecular formula is C25H25N3O6. The van der Waals surface area contributed by atoms with E-state index in [0.29, 0.717) is 42.2 Å². The topological polar surface area (TPSA) is 124 Å². The van der Waals surface area contributed by atoms with Gasteiger partial charge in [-0.05, 0) is 37.6 Å². The van der Waals surface area contributed by atoms with E-state index in [0.717, 1.165) is 5.56 Å². The van der Waals surface area contributed by atoms with E-state index in [9.17, 15) is 19.7 Å². The minimum atomic E-state index is -0.486. The first kappa shape index (κ1) is 24.4. The number of carbonyl (C=O) groups is 2. The van der Waals surface area contributed by atoms with Crippen molar-refractivity contribution in [2.45, 2.75) is 13.3 Å². The summed E-state index contributed by atoms with van der Waals surface area (Å²) in [5, 5.41) is 16.4. The molecule has 3 aromatic rings. The van der Waals surface area contributed by atoms with Gasteiger partial charge in [0.15, 0.2) is 0 Å². The molecule has 0 aliphatic carbocycles. The van der Waals surface area contributed by atoms with Crippen LogP contribution in [0.5, 0.6) is 0 Å². The Hall–Kier alpha value is -4.24. The van der Waals surface area contributed by atoms with Crippen LogP contribution in [0.4, 0.5) is 5.69 Å². The van der Waals surface area contributed by atoms with Crippen molar-refractivity contribution in [1.29, 1.82) is 0 Å². The van der Waals surface area contributed by atoms with Gasteiger partial charge in [-0.3, -0.25) is 19.7 Å². The number of ether oxygens (including phenoxy) is 1. The minimum Gasteiger partial charge on any atom is -0.457 e. The van der Waals surface area contributed by atoms with E-state index in [-0.39, 0.29) is 11.4 Å². The molecule has 2 amide bonds. The molecule has 0 saturated carbocycles. The highest BCUT2D eigenvalue weighted by molar-refractivity contribution is 6.05. The van der Waals surface area contributed by atoms with Gasteiger partial charge in [0.25, 0.3) is 17.5 Å². The molecule has 0 spiro atoms. The van der Waals surface area contributed by atoms with Crippen molar-refractivity contribution in [3.05, 3.63) is 93.4 Å². The Morgan fingerprint density at radius 3 is 2.59 bits per heavy atom. The smallest absolute Gasteiger partial charge is 0.270 e. The Bertz CT molecular complexity index is 1200. The van der Waals surface area contributed by atoms with Crippen molar-refractivity contribution < 1.29 is 23.7 Å². The summed E-state index contributed by atoms with van der Waals surface area (Å²) in [4.78, 5) is 36.1. The van der Waals surface area contributed by atoms with E-state index < -0.39 is 16.7 Å². The standard InChI is InChI=1S/C25H25N3O6/c1-17-7-9-18(10-8-17)24(29)27-22(25(30)26-13-4-14-33-2)16-21-11-12-23(34-21)19-5-3-6-20(15-19)28(31)32/h3,5-12,15-16H,4,13-14H2,1-2H3,(H,26,30)(H,27,29)/b22-16-. The van der Waals surface area contributed by atoms with Crippen molar-refractivity contribution in [2.24, 2.45) is 0 Å². The average Bonchev–Trinajstić information content (AvgIpc) is 3.30. The largest absolute Gasteiger partial charge is 0.457 e. The number of carbonyl (C=O) groups excluding carboxylic acids is 2. The molecule has 3 rings (SSSR count). The second-order valence-corrected chi connectivity index (χ2v) is 7.49. The highest BCUT2D eigenvalue weighted by Crippen LogP contribution is 2.26. The lowest BCUT2D eigenvalue weighted by Gasteiger charge is -2.11. The number of methoxy groups -OCH3 is 1. The summed E-state index contributed by atoms with van der Waals surface area (Å²) in [7, 11) is 1.57. The van der Waals surface area contributed by atoms with E-state index in [4.69, 9.17) is 9.15 Å². The van der Waals surface area contributed by atoms with Gasteiger partial charge < -0.3 is 19.8 Å². The molecule has 0 unspecified atom stereocenters. The Balaban J connectivity index is 1.84. The van der Waals surface area contributed by atoms with Crippen LogP contribution >= 0.6 is 0 Å². The quantitative estimate of drug-likeness (QED) is 0.202. The number of nitrogens with zero attached hydrogens (tertiary/aromatic N) is 1. The van der Waals surface area contributed by atoms with Gasteiger partial charge in [-0.25, -0.2) is 0 Å². The molecule has 9 heteroatoms. The Labute approximate surface area is 196 Å². The molecule has 2 N–H and O–H groups in total. The third-order valence-electron chi connectivity index (χ3n) is 4.87. The van der Waals surface area contributed by atoms with Crippen molar-refractivity contribution in [3.8, 4) is 11.3 Å². The Morgan fingerprint density at radius 2 is 1.88 bits per heavy atom. The lowest BCUT2D eigenvalue weighted by Crippen LogP contribution is -2.35. The summed E-state index contributed by atoms with van der Waals surface area (Å²) in [5.41, 5.74) is 1.87. The van der Waals surface area contributed by atoms with Crippen LogP contribution in [0.3, 0.4) is 0 Å². The van der Waals surface area contributed by atoms with E-state index in [1.807, 2.05) is 6.92 Å². The monoisotopic (exact) mass is 463 g/mol. The molecule has 0 aliphatic rings. The molecule has 2 aromatic carbocycles. The minimum absolute atomic E-state index is 0.00272. The first-order valence-corrected chi connectivity index (χ1v) is 10.6. The van der Waals surface area contributed by atoms with Crippen LogP contribution in [0.1, 0.15) is 28.1 Å². The fourth-order valence-electron chi connectivity index (χ4n) is 3.07. The molecule has 1 heterocycles. The number of furan rings is 1. The van der Waals surface area contributed by atoms with Crippen LogP contribution < -0.4 is 10.6 Å². The third kappa shape index (κ3) is 6.63. The Morgan fingerprint density at radius 1 is 1.12 bits per heavy atom. The van der Waals surface area contributed by atoms with E-state index in [1.165, 1.54) is 18.2 Å². The number of hydrogen-bond acceptors (Lipinski definition) is 6. The third-order valence-corrected chi connectivity index (χ3v) is 4.87. The number of amides is 2. The summed E-state index contributed by atoms with van der Waals surface area (Å²) in [6.45, 7) is 2.76. The maximum absolute atomic E-state index is 12.8. The van der Waals surface area contributed by atoms with Crippen LogP contribution in [0, 0.1) is 17.0 Å². The Kier molecular flexibility index (Phi) is 8.31. The van der Waals surface area contributed by atoms with Crippen LogP contribution in [-0.2, 0) is 9.53 Å². The molecule has 0 saturated heterocycles. The molecule has 0 aliphatic heterocycles. The van der Waals surface area contributed by atoms with Crippen LogP contribution in [0.15, 0.2) is 70.8 Å². The number of benzene rings is 2. The predicted octanol–water partition coefficient (Wildman–Crippen LogP) is 4.09. The number of rotatable bonds is 10. The van der Waals surface area contributed by atoms with Crippen molar-refractivity contribution >= 4 is 23.6 Å². The first-order valence-electron chi connectivity index (χ1n) is 10.6. The zero-order valence-electron chi connectivity index (χ0n) is 18.9. The van der Waals surface area contributed by atoms with Crippen LogP contribution in [-0.4, -0.2) is 37.0 Å². The second kappa shape index (κ2) is 11.6. The van der Waals surface area contributed by atoms with Gasteiger partial charge in [-0.15, -0.1) is 0 Å². The van der Waals surface area contributed by atoms with Crippen molar-refractivity contribution in [3.63, 3.8) is 0 Å². The number of nitro benzene ring substituents is 1. The highest BCUT2D eigenvalue weighted by atomic mass is 16.6. The molecule has 34 heavy (non-hydrogen) atoms. The second-order valence-electron chi connectivity index (χ2n) is 7.49. The molecule has 0 fully saturated rings. The molecule has 0 radical (unpaired) electrons. The number of nitro groups is 1. The van der Waals surface area contributed by atoms with Crippen LogP contribution in [0.25, 0.3) is 17.4 Å². The number of non-ortho nitro benzene ring substituents is 1. The van der Waals surface area contributed by atoms with Gasteiger partial charge in [-0.1, -0.05) is 29.8 Å². The fraction of sp³-hybridized carbons (Fsp3) is 0.200. The zero-order chi connectivity index (χ0) is 24.5. The highest BCUT2D eigenvalue weighted by Gasteiger charge is 2.16. The van der Waals surface area contributed by atoms with Gasteiger partial charge in [0.1, 0.15) is 17.2 Å². The number of nitrogens with one attached hydrogen (secondary N) is 2. The zero-order valence-corrected chi connectivity index (χ0v) is 18.9. The summed E-state index contributed by atoms with van der Waals surface area (Å²) in [6.07, 6.45) is 2.03. The maximum Gasteiger partial charge on any atom is 0.270 e. The molecule has 176 valence electrons. The SMILES string of the molecule is COCCCNC(=O)/C(=C/c1ccc(-c2cccc([N+](=O)[O-])c2)o1)NC(=O)c1ccc(C)cc1. The predicted molar refractivity (Wildman–Crippen MR) is 127 cm³/mol. The first-order chi connectivity index (χ1) is 16.4. The molecule has 1 aromatic heterocycles. The summed E-state index contributed by atoms with van der Waals surface area (Å²) >= 11 is 0. The van der Waals surface area contributed by atoms with E-state index in [2.05, 4.69) is 10.6 Å².